The number of rotatable bonds is 6. The predicted octanol–water partition coefficient (Wildman–Crippen LogP) is 2.40. The smallest absolute Gasteiger partial charge is 0.303 e. The number of benzene rings is 1. The van der Waals surface area contributed by atoms with Gasteiger partial charge in [0.05, 0.1) is 6.42 Å². The van der Waals surface area contributed by atoms with Crippen molar-refractivity contribution >= 4 is 17.7 Å². The first-order valence-electron chi connectivity index (χ1n) is 6.22. The van der Waals surface area contributed by atoms with E-state index in [1.807, 2.05) is 0 Å². The number of nitrogens with zero attached hydrogens (tertiary/aromatic N) is 1. The average molecular weight is 292 g/mol. The zero-order valence-corrected chi connectivity index (χ0v) is 11.0. The number of amides is 1. The van der Waals surface area contributed by atoms with Crippen molar-refractivity contribution in [3.8, 4) is 0 Å². The maximum atomic E-state index is 13.2. The summed E-state index contributed by atoms with van der Waals surface area (Å²) in [5.41, 5.74) is 0.465. The molecule has 2 rings (SSSR count). The molecule has 6 nitrogen and oxygen atoms in total. The third-order valence-electron chi connectivity index (χ3n) is 2.88. The third kappa shape index (κ3) is 4.41. The molecule has 0 aliphatic heterocycles. The molecule has 0 saturated carbocycles. The normalized spacial score (nSPS) is 11.9. The summed E-state index contributed by atoms with van der Waals surface area (Å²) in [6.07, 6.45) is 0.940. The Labute approximate surface area is 119 Å². The molecule has 1 heterocycles. The summed E-state index contributed by atoms with van der Waals surface area (Å²) in [4.78, 5) is 22.8. The Morgan fingerprint density at radius 3 is 2.76 bits per heavy atom. The van der Waals surface area contributed by atoms with Gasteiger partial charge in [-0.25, -0.2) is 4.39 Å². The molecule has 0 bridgehead atoms. The van der Waals surface area contributed by atoms with Crippen LogP contribution in [0, 0.1) is 5.82 Å². The van der Waals surface area contributed by atoms with Gasteiger partial charge in [-0.05, 0) is 17.7 Å². The summed E-state index contributed by atoms with van der Waals surface area (Å²) in [5, 5.41) is 14.9. The molecule has 7 heteroatoms. The lowest BCUT2D eigenvalue weighted by atomic mass is 9.92. The number of aliphatic carboxylic acids is 1. The Morgan fingerprint density at radius 2 is 2.14 bits per heavy atom. The summed E-state index contributed by atoms with van der Waals surface area (Å²) in [6.45, 7) is 0. The summed E-state index contributed by atoms with van der Waals surface area (Å²) in [7, 11) is 0. The minimum absolute atomic E-state index is 0.0946. The largest absolute Gasteiger partial charge is 0.481 e. The molecule has 0 radical (unpaired) electrons. The maximum Gasteiger partial charge on any atom is 0.303 e. The average Bonchev–Trinajstić information content (AvgIpc) is 2.90. The van der Waals surface area contributed by atoms with E-state index in [2.05, 4.69) is 15.0 Å². The molecular formula is C14H13FN2O4. The van der Waals surface area contributed by atoms with Crippen LogP contribution in [0.25, 0.3) is 0 Å². The lowest BCUT2D eigenvalue weighted by molar-refractivity contribution is -0.137. The van der Waals surface area contributed by atoms with Crippen molar-refractivity contribution in [2.24, 2.45) is 0 Å². The first kappa shape index (κ1) is 14.7. The molecule has 0 spiro atoms. The van der Waals surface area contributed by atoms with Crippen LogP contribution in [0.15, 0.2) is 41.1 Å². The van der Waals surface area contributed by atoms with Crippen LogP contribution >= 0.6 is 0 Å². The van der Waals surface area contributed by atoms with E-state index in [0.717, 1.165) is 0 Å². The highest BCUT2D eigenvalue weighted by Gasteiger charge is 2.20. The molecule has 0 aliphatic carbocycles. The van der Waals surface area contributed by atoms with Gasteiger partial charge in [0.1, 0.15) is 12.1 Å². The van der Waals surface area contributed by atoms with Crippen molar-refractivity contribution in [2.75, 3.05) is 5.32 Å². The van der Waals surface area contributed by atoms with Crippen molar-refractivity contribution < 1.29 is 23.6 Å². The van der Waals surface area contributed by atoms with Gasteiger partial charge in [0.25, 0.3) is 0 Å². The SMILES string of the molecule is O=C(O)CC(CC(=O)Nc1ccon1)c1cccc(F)c1. The number of carbonyl (C=O) groups is 2. The second kappa shape index (κ2) is 6.65. The van der Waals surface area contributed by atoms with E-state index < -0.39 is 23.6 Å². The molecule has 2 aromatic rings. The van der Waals surface area contributed by atoms with Crippen molar-refractivity contribution in [1.82, 2.24) is 5.16 Å². The number of halogens is 1. The molecule has 0 saturated heterocycles. The van der Waals surface area contributed by atoms with Crippen LogP contribution in [-0.2, 0) is 9.59 Å². The number of anilines is 1. The van der Waals surface area contributed by atoms with Crippen LogP contribution in [-0.4, -0.2) is 22.1 Å². The quantitative estimate of drug-likeness (QED) is 0.852. The molecule has 1 aromatic carbocycles. The molecule has 1 amide bonds. The molecule has 0 aliphatic rings. The topological polar surface area (TPSA) is 92.4 Å². The van der Waals surface area contributed by atoms with Crippen LogP contribution in [0.1, 0.15) is 24.3 Å². The van der Waals surface area contributed by atoms with E-state index in [4.69, 9.17) is 5.11 Å². The number of hydrogen-bond donors (Lipinski definition) is 2. The molecule has 21 heavy (non-hydrogen) atoms. The van der Waals surface area contributed by atoms with Gasteiger partial charge in [0, 0.05) is 18.4 Å². The standard InChI is InChI=1S/C14H13FN2O4/c15-11-3-1-2-9(6-11)10(8-14(19)20)7-13(18)16-12-4-5-21-17-12/h1-6,10H,7-8H2,(H,19,20)(H,16,17,18). The van der Waals surface area contributed by atoms with Crippen LogP contribution < -0.4 is 5.32 Å². The summed E-state index contributed by atoms with van der Waals surface area (Å²) in [6, 6.07) is 7.04. The fourth-order valence-electron chi connectivity index (χ4n) is 1.97. The molecule has 2 N–H and O–H groups in total. The number of carboxylic acid groups (broad SMARTS) is 1. The Balaban J connectivity index is 2.09. The van der Waals surface area contributed by atoms with Crippen LogP contribution in [0.4, 0.5) is 10.2 Å². The highest BCUT2D eigenvalue weighted by Crippen LogP contribution is 2.24. The number of carboxylic acids is 1. The highest BCUT2D eigenvalue weighted by molar-refractivity contribution is 5.90. The van der Waals surface area contributed by atoms with Gasteiger partial charge in [-0.2, -0.15) is 0 Å². The van der Waals surface area contributed by atoms with E-state index in [1.165, 1.54) is 30.5 Å². The van der Waals surface area contributed by atoms with Crippen molar-refractivity contribution in [3.63, 3.8) is 0 Å². The predicted molar refractivity (Wildman–Crippen MR) is 71.1 cm³/mol. The third-order valence-corrected chi connectivity index (χ3v) is 2.88. The van der Waals surface area contributed by atoms with Gasteiger partial charge < -0.3 is 14.9 Å². The lowest BCUT2D eigenvalue weighted by Crippen LogP contribution is -2.18. The summed E-state index contributed by atoms with van der Waals surface area (Å²) >= 11 is 0. The molecule has 1 unspecified atom stereocenters. The minimum Gasteiger partial charge on any atom is -0.481 e. The van der Waals surface area contributed by atoms with E-state index in [-0.39, 0.29) is 18.7 Å². The van der Waals surface area contributed by atoms with Crippen molar-refractivity contribution in [2.45, 2.75) is 18.8 Å². The van der Waals surface area contributed by atoms with Crippen molar-refractivity contribution in [1.29, 1.82) is 0 Å². The highest BCUT2D eigenvalue weighted by atomic mass is 19.1. The van der Waals surface area contributed by atoms with Gasteiger partial charge in [-0.3, -0.25) is 9.59 Å². The van der Waals surface area contributed by atoms with Gasteiger partial charge >= 0.3 is 5.97 Å². The van der Waals surface area contributed by atoms with E-state index in [1.54, 1.807) is 6.07 Å². The minimum atomic E-state index is -1.06. The van der Waals surface area contributed by atoms with Gasteiger partial charge in [0.2, 0.25) is 5.91 Å². The van der Waals surface area contributed by atoms with Crippen LogP contribution in [0.2, 0.25) is 0 Å². The zero-order chi connectivity index (χ0) is 15.2. The molecular weight excluding hydrogens is 279 g/mol. The number of hydrogen-bond acceptors (Lipinski definition) is 4. The van der Waals surface area contributed by atoms with E-state index in [9.17, 15) is 14.0 Å². The van der Waals surface area contributed by atoms with Crippen molar-refractivity contribution in [3.05, 3.63) is 48.0 Å². The number of aromatic nitrogens is 1. The molecule has 0 fully saturated rings. The first-order valence-corrected chi connectivity index (χ1v) is 6.22. The molecule has 1 atom stereocenters. The second-order valence-corrected chi connectivity index (χ2v) is 4.49. The Kier molecular flexibility index (Phi) is 4.65. The summed E-state index contributed by atoms with van der Waals surface area (Å²) < 4.78 is 17.8. The summed E-state index contributed by atoms with van der Waals surface area (Å²) in [5.74, 6) is -2.32. The first-order chi connectivity index (χ1) is 10.0. The van der Waals surface area contributed by atoms with Gasteiger partial charge in [-0.1, -0.05) is 17.3 Å². The maximum absolute atomic E-state index is 13.2. The zero-order valence-electron chi connectivity index (χ0n) is 11.0. The van der Waals surface area contributed by atoms with Crippen LogP contribution in [0.5, 0.6) is 0 Å². The Morgan fingerprint density at radius 1 is 1.33 bits per heavy atom. The van der Waals surface area contributed by atoms with Gasteiger partial charge in [0.15, 0.2) is 5.82 Å². The Hall–Kier alpha value is -2.70. The fraction of sp³-hybridized carbons (Fsp3) is 0.214. The van der Waals surface area contributed by atoms with E-state index in [0.29, 0.717) is 5.56 Å². The molecule has 1 aromatic heterocycles. The molecule has 110 valence electrons. The fourth-order valence-corrected chi connectivity index (χ4v) is 1.97. The second-order valence-electron chi connectivity index (χ2n) is 4.49. The van der Waals surface area contributed by atoms with E-state index >= 15 is 0 Å². The lowest BCUT2D eigenvalue weighted by Gasteiger charge is -2.14. The van der Waals surface area contributed by atoms with Crippen LogP contribution in [0.3, 0.4) is 0 Å². The monoisotopic (exact) mass is 292 g/mol. The number of carbonyl (C=O) groups excluding carboxylic acids is 1. The van der Waals surface area contributed by atoms with Gasteiger partial charge in [-0.15, -0.1) is 0 Å². The Bertz CT molecular complexity index is 628. The number of nitrogens with one attached hydrogen (secondary N) is 1.